The number of nitrogens with one attached hydrogen (secondary N) is 1. The van der Waals surface area contributed by atoms with Crippen molar-refractivity contribution in [2.24, 2.45) is 0 Å². The number of benzene rings is 2. The van der Waals surface area contributed by atoms with Crippen LogP contribution in [0.25, 0.3) is 0 Å². The highest BCUT2D eigenvalue weighted by atomic mass is 15.2. The third-order valence-electron chi connectivity index (χ3n) is 4.39. The molecule has 0 bridgehead atoms. The molecule has 1 aliphatic heterocycles. The molecule has 2 aromatic rings. The smallest absolute Gasteiger partial charge is 0.0446 e. The first-order valence-corrected chi connectivity index (χ1v) is 7.91. The SMILES string of the molecule is CCNC(C)c1ccc(N2c3ccccc3CC2C)cc1. The standard InChI is InChI=1S/C19H24N2/c1-4-20-15(3)16-9-11-18(12-10-16)21-14(2)13-17-7-5-6-8-19(17)21/h5-12,14-15,20H,4,13H2,1-3H3. The van der Waals surface area contributed by atoms with Crippen molar-refractivity contribution in [2.75, 3.05) is 11.4 Å². The molecule has 0 radical (unpaired) electrons. The molecular formula is C19H24N2. The Kier molecular flexibility index (Phi) is 3.98. The second kappa shape index (κ2) is 5.90. The van der Waals surface area contributed by atoms with Crippen LogP contribution in [0.2, 0.25) is 0 Å². The van der Waals surface area contributed by atoms with E-state index in [1.807, 2.05) is 0 Å². The van der Waals surface area contributed by atoms with Gasteiger partial charge >= 0.3 is 0 Å². The van der Waals surface area contributed by atoms with E-state index >= 15 is 0 Å². The fourth-order valence-corrected chi connectivity index (χ4v) is 3.31. The first-order valence-electron chi connectivity index (χ1n) is 7.91. The molecule has 0 aliphatic carbocycles. The van der Waals surface area contributed by atoms with Crippen LogP contribution in [0.15, 0.2) is 48.5 Å². The maximum absolute atomic E-state index is 3.46. The van der Waals surface area contributed by atoms with Gasteiger partial charge in [0.15, 0.2) is 0 Å². The molecule has 110 valence electrons. The van der Waals surface area contributed by atoms with Gasteiger partial charge in [0.25, 0.3) is 0 Å². The monoisotopic (exact) mass is 280 g/mol. The van der Waals surface area contributed by atoms with Crippen LogP contribution in [-0.4, -0.2) is 12.6 Å². The van der Waals surface area contributed by atoms with Crippen LogP contribution < -0.4 is 10.2 Å². The van der Waals surface area contributed by atoms with Crippen molar-refractivity contribution in [1.82, 2.24) is 5.32 Å². The second-order valence-corrected chi connectivity index (χ2v) is 5.92. The van der Waals surface area contributed by atoms with Gasteiger partial charge < -0.3 is 10.2 Å². The molecule has 1 aliphatic rings. The van der Waals surface area contributed by atoms with Crippen LogP contribution in [0.5, 0.6) is 0 Å². The lowest BCUT2D eigenvalue weighted by Gasteiger charge is -2.25. The molecule has 21 heavy (non-hydrogen) atoms. The molecule has 1 heterocycles. The number of rotatable bonds is 4. The Morgan fingerprint density at radius 3 is 2.57 bits per heavy atom. The van der Waals surface area contributed by atoms with Gasteiger partial charge in [0.2, 0.25) is 0 Å². The van der Waals surface area contributed by atoms with Crippen LogP contribution in [-0.2, 0) is 6.42 Å². The molecule has 3 rings (SSSR count). The summed E-state index contributed by atoms with van der Waals surface area (Å²) in [4.78, 5) is 2.46. The molecule has 2 atom stereocenters. The number of hydrogen-bond donors (Lipinski definition) is 1. The Bertz CT molecular complexity index is 603. The molecule has 0 spiro atoms. The number of anilines is 2. The van der Waals surface area contributed by atoms with Crippen LogP contribution in [0.1, 0.15) is 37.9 Å². The summed E-state index contributed by atoms with van der Waals surface area (Å²) in [5.41, 5.74) is 5.45. The third kappa shape index (κ3) is 2.68. The zero-order chi connectivity index (χ0) is 14.8. The fourth-order valence-electron chi connectivity index (χ4n) is 3.31. The highest BCUT2D eigenvalue weighted by Gasteiger charge is 2.26. The van der Waals surface area contributed by atoms with E-state index in [0.717, 1.165) is 13.0 Å². The minimum absolute atomic E-state index is 0.410. The van der Waals surface area contributed by atoms with E-state index in [9.17, 15) is 0 Å². The lowest BCUT2D eigenvalue weighted by Crippen LogP contribution is -2.24. The van der Waals surface area contributed by atoms with Gasteiger partial charge in [-0.25, -0.2) is 0 Å². The van der Waals surface area contributed by atoms with Crippen LogP contribution in [0.3, 0.4) is 0 Å². The molecule has 1 N–H and O–H groups in total. The van der Waals surface area contributed by atoms with Crippen LogP contribution in [0, 0.1) is 0 Å². The minimum atomic E-state index is 0.410. The summed E-state index contributed by atoms with van der Waals surface area (Å²) < 4.78 is 0. The summed E-state index contributed by atoms with van der Waals surface area (Å²) in [7, 11) is 0. The molecule has 2 nitrogen and oxygen atoms in total. The van der Waals surface area contributed by atoms with E-state index in [1.54, 1.807) is 0 Å². The highest BCUT2D eigenvalue weighted by Crippen LogP contribution is 2.38. The van der Waals surface area contributed by atoms with Crippen molar-refractivity contribution in [1.29, 1.82) is 0 Å². The summed E-state index contributed by atoms with van der Waals surface area (Å²) >= 11 is 0. The van der Waals surface area contributed by atoms with Crippen molar-refractivity contribution in [3.05, 3.63) is 59.7 Å². The predicted molar refractivity (Wildman–Crippen MR) is 90.3 cm³/mol. The first-order chi connectivity index (χ1) is 10.2. The average molecular weight is 280 g/mol. The van der Waals surface area contributed by atoms with Crippen LogP contribution in [0.4, 0.5) is 11.4 Å². The summed E-state index contributed by atoms with van der Waals surface area (Å²) in [6.45, 7) is 7.66. The number of para-hydroxylation sites is 1. The maximum atomic E-state index is 3.46. The number of fused-ring (bicyclic) bond motifs is 1. The Balaban J connectivity index is 1.88. The van der Waals surface area contributed by atoms with Crippen molar-refractivity contribution in [2.45, 2.75) is 39.3 Å². The molecule has 2 aromatic carbocycles. The third-order valence-corrected chi connectivity index (χ3v) is 4.39. The second-order valence-electron chi connectivity index (χ2n) is 5.92. The summed E-state index contributed by atoms with van der Waals surface area (Å²) in [5, 5.41) is 3.46. The van der Waals surface area contributed by atoms with Crippen molar-refractivity contribution in [3.63, 3.8) is 0 Å². The van der Waals surface area contributed by atoms with Gasteiger partial charge in [-0.1, -0.05) is 37.3 Å². The van der Waals surface area contributed by atoms with Gasteiger partial charge in [0.05, 0.1) is 0 Å². The Hall–Kier alpha value is -1.80. The Morgan fingerprint density at radius 2 is 1.86 bits per heavy atom. The number of hydrogen-bond acceptors (Lipinski definition) is 2. The summed E-state index contributed by atoms with van der Waals surface area (Å²) in [6, 6.07) is 18.7. The summed E-state index contributed by atoms with van der Waals surface area (Å²) in [6.07, 6.45) is 1.13. The molecule has 0 amide bonds. The normalized spacial score (nSPS) is 18.6. The minimum Gasteiger partial charge on any atom is -0.338 e. The maximum Gasteiger partial charge on any atom is 0.0446 e. The van der Waals surface area contributed by atoms with Crippen LogP contribution >= 0.6 is 0 Å². The predicted octanol–water partition coefficient (Wildman–Crippen LogP) is 4.44. The van der Waals surface area contributed by atoms with Gasteiger partial charge in [-0.2, -0.15) is 0 Å². The molecule has 2 unspecified atom stereocenters. The first kappa shape index (κ1) is 14.2. The van der Waals surface area contributed by atoms with E-state index in [2.05, 4.69) is 79.5 Å². The van der Waals surface area contributed by atoms with E-state index in [1.165, 1.54) is 22.5 Å². The molecular weight excluding hydrogens is 256 g/mol. The van der Waals surface area contributed by atoms with Gasteiger partial charge in [0.1, 0.15) is 0 Å². The molecule has 0 saturated carbocycles. The van der Waals surface area contributed by atoms with E-state index < -0.39 is 0 Å². The van der Waals surface area contributed by atoms with Crippen molar-refractivity contribution < 1.29 is 0 Å². The van der Waals surface area contributed by atoms with Crippen molar-refractivity contribution >= 4 is 11.4 Å². The van der Waals surface area contributed by atoms with E-state index in [-0.39, 0.29) is 0 Å². The molecule has 2 heteroatoms. The fraction of sp³-hybridized carbons (Fsp3) is 0.368. The Labute approximate surface area is 127 Å². The average Bonchev–Trinajstić information content (AvgIpc) is 2.83. The summed E-state index contributed by atoms with van der Waals surface area (Å²) in [5.74, 6) is 0. The molecule has 0 fully saturated rings. The van der Waals surface area contributed by atoms with Gasteiger partial charge in [-0.3, -0.25) is 0 Å². The lowest BCUT2D eigenvalue weighted by molar-refractivity contribution is 0.598. The van der Waals surface area contributed by atoms with Gasteiger partial charge in [0, 0.05) is 23.5 Å². The lowest BCUT2D eigenvalue weighted by atomic mass is 10.1. The van der Waals surface area contributed by atoms with E-state index in [4.69, 9.17) is 0 Å². The molecule has 0 aromatic heterocycles. The topological polar surface area (TPSA) is 15.3 Å². The Morgan fingerprint density at radius 1 is 1.14 bits per heavy atom. The quantitative estimate of drug-likeness (QED) is 0.890. The zero-order valence-electron chi connectivity index (χ0n) is 13.1. The zero-order valence-corrected chi connectivity index (χ0v) is 13.1. The number of nitrogens with zero attached hydrogens (tertiary/aromatic N) is 1. The van der Waals surface area contributed by atoms with E-state index in [0.29, 0.717) is 12.1 Å². The largest absolute Gasteiger partial charge is 0.338 e. The van der Waals surface area contributed by atoms with Gasteiger partial charge in [-0.05, 0) is 56.1 Å². The molecule has 0 saturated heterocycles. The van der Waals surface area contributed by atoms with Gasteiger partial charge in [-0.15, -0.1) is 0 Å². The highest BCUT2D eigenvalue weighted by molar-refractivity contribution is 5.71. The van der Waals surface area contributed by atoms with Crippen molar-refractivity contribution in [3.8, 4) is 0 Å².